The third-order valence-electron chi connectivity index (χ3n) is 4.23. The quantitative estimate of drug-likeness (QED) is 0.821. The van der Waals surface area contributed by atoms with E-state index in [1.807, 2.05) is 19.1 Å². The standard InChI is InChI=1S/C17H27NO/c1-2-19-17-11-7-6-10-15(17)16(18)13-12-14-8-4-3-5-9-14/h6-7,10-11,14,16H,2-5,8-9,12-13,18H2,1H3. The number of para-hydroxylation sites is 1. The molecule has 2 rings (SSSR count). The van der Waals surface area contributed by atoms with Gasteiger partial charge in [0, 0.05) is 11.6 Å². The summed E-state index contributed by atoms with van der Waals surface area (Å²) in [5.41, 5.74) is 7.53. The van der Waals surface area contributed by atoms with Gasteiger partial charge in [-0.3, -0.25) is 0 Å². The van der Waals surface area contributed by atoms with Crippen molar-refractivity contribution < 1.29 is 4.74 Å². The summed E-state index contributed by atoms with van der Waals surface area (Å²) in [6.07, 6.45) is 9.40. The zero-order chi connectivity index (χ0) is 13.5. The van der Waals surface area contributed by atoms with E-state index in [0.29, 0.717) is 6.61 Å². The van der Waals surface area contributed by atoms with Crippen LogP contribution in [0.2, 0.25) is 0 Å². The van der Waals surface area contributed by atoms with E-state index in [9.17, 15) is 0 Å². The van der Waals surface area contributed by atoms with Crippen molar-refractivity contribution in [1.82, 2.24) is 0 Å². The van der Waals surface area contributed by atoms with Crippen molar-refractivity contribution in [3.8, 4) is 5.75 Å². The SMILES string of the molecule is CCOc1ccccc1C(N)CCC1CCCCC1. The molecule has 1 aromatic carbocycles. The van der Waals surface area contributed by atoms with Crippen LogP contribution in [-0.2, 0) is 0 Å². The largest absolute Gasteiger partial charge is 0.494 e. The highest BCUT2D eigenvalue weighted by atomic mass is 16.5. The molecule has 0 spiro atoms. The number of hydrogen-bond donors (Lipinski definition) is 1. The third kappa shape index (κ3) is 4.24. The molecule has 0 heterocycles. The average Bonchev–Trinajstić information content (AvgIpc) is 2.47. The summed E-state index contributed by atoms with van der Waals surface area (Å²) in [7, 11) is 0. The van der Waals surface area contributed by atoms with Crippen molar-refractivity contribution in [3.05, 3.63) is 29.8 Å². The lowest BCUT2D eigenvalue weighted by Crippen LogP contribution is -2.15. The summed E-state index contributed by atoms with van der Waals surface area (Å²) >= 11 is 0. The first-order chi connectivity index (χ1) is 9.31. The molecule has 0 bridgehead atoms. The first-order valence-electron chi connectivity index (χ1n) is 7.78. The van der Waals surface area contributed by atoms with Crippen molar-refractivity contribution in [2.24, 2.45) is 11.7 Å². The van der Waals surface area contributed by atoms with Crippen LogP contribution < -0.4 is 10.5 Å². The normalized spacial score (nSPS) is 18.2. The number of rotatable bonds is 6. The number of benzene rings is 1. The van der Waals surface area contributed by atoms with Crippen LogP contribution >= 0.6 is 0 Å². The summed E-state index contributed by atoms with van der Waals surface area (Å²) in [4.78, 5) is 0. The van der Waals surface area contributed by atoms with Gasteiger partial charge in [-0.15, -0.1) is 0 Å². The maximum absolute atomic E-state index is 6.36. The molecule has 106 valence electrons. The Morgan fingerprint density at radius 1 is 1.21 bits per heavy atom. The van der Waals surface area contributed by atoms with Crippen LogP contribution in [0.1, 0.15) is 63.5 Å². The fraction of sp³-hybridized carbons (Fsp3) is 0.647. The first kappa shape index (κ1) is 14.4. The van der Waals surface area contributed by atoms with Gasteiger partial charge < -0.3 is 10.5 Å². The Labute approximate surface area is 117 Å². The zero-order valence-electron chi connectivity index (χ0n) is 12.1. The van der Waals surface area contributed by atoms with Crippen LogP contribution in [0, 0.1) is 5.92 Å². The lowest BCUT2D eigenvalue weighted by atomic mass is 9.84. The van der Waals surface area contributed by atoms with E-state index in [1.54, 1.807) is 0 Å². The minimum absolute atomic E-state index is 0.115. The fourth-order valence-electron chi connectivity index (χ4n) is 3.12. The second-order valence-corrected chi connectivity index (χ2v) is 5.66. The fourth-order valence-corrected chi connectivity index (χ4v) is 3.12. The minimum atomic E-state index is 0.115. The third-order valence-corrected chi connectivity index (χ3v) is 4.23. The molecule has 19 heavy (non-hydrogen) atoms. The van der Waals surface area contributed by atoms with Gasteiger partial charge in [0.2, 0.25) is 0 Å². The van der Waals surface area contributed by atoms with Gasteiger partial charge in [-0.1, -0.05) is 50.3 Å². The molecule has 2 N–H and O–H groups in total. The Morgan fingerprint density at radius 3 is 2.68 bits per heavy atom. The van der Waals surface area contributed by atoms with Gasteiger partial charge >= 0.3 is 0 Å². The maximum Gasteiger partial charge on any atom is 0.124 e. The minimum Gasteiger partial charge on any atom is -0.494 e. The number of hydrogen-bond acceptors (Lipinski definition) is 2. The summed E-state index contributed by atoms with van der Waals surface area (Å²) in [6, 6.07) is 8.32. The highest BCUT2D eigenvalue weighted by molar-refractivity contribution is 5.35. The van der Waals surface area contributed by atoms with Crippen molar-refractivity contribution in [1.29, 1.82) is 0 Å². The van der Waals surface area contributed by atoms with E-state index in [2.05, 4.69) is 12.1 Å². The summed E-state index contributed by atoms with van der Waals surface area (Å²) < 4.78 is 5.67. The molecule has 1 aliphatic carbocycles. The van der Waals surface area contributed by atoms with Crippen LogP contribution in [0.5, 0.6) is 5.75 Å². The Morgan fingerprint density at radius 2 is 1.95 bits per heavy atom. The predicted octanol–water partition coefficient (Wildman–Crippen LogP) is 4.45. The van der Waals surface area contributed by atoms with Crippen molar-refractivity contribution >= 4 is 0 Å². The highest BCUT2D eigenvalue weighted by Gasteiger charge is 2.17. The monoisotopic (exact) mass is 261 g/mol. The summed E-state index contributed by atoms with van der Waals surface area (Å²) in [5, 5.41) is 0. The van der Waals surface area contributed by atoms with E-state index in [1.165, 1.54) is 44.1 Å². The maximum atomic E-state index is 6.36. The topological polar surface area (TPSA) is 35.2 Å². The molecule has 1 atom stereocenters. The van der Waals surface area contributed by atoms with Gasteiger partial charge in [0.1, 0.15) is 5.75 Å². The second-order valence-electron chi connectivity index (χ2n) is 5.66. The van der Waals surface area contributed by atoms with Crippen LogP contribution in [0.25, 0.3) is 0 Å². The molecule has 1 aromatic rings. The van der Waals surface area contributed by atoms with Gasteiger partial charge in [0.05, 0.1) is 6.61 Å². The van der Waals surface area contributed by atoms with Crippen molar-refractivity contribution in [3.63, 3.8) is 0 Å². The van der Waals surface area contributed by atoms with Crippen LogP contribution in [0.15, 0.2) is 24.3 Å². The highest BCUT2D eigenvalue weighted by Crippen LogP contribution is 2.32. The molecule has 0 aromatic heterocycles. The second kappa shape index (κ2) is 7.54. The van der Waals surface area contributed by atoms with Crippen LogP contribution in [0.3, 0.4) is 0 Å². The van der Waals surface area contributed by atoms with Gasteiger partial charge in [0.15, 0.2) is 0 Å². The Hall–Kier alpha value is -1.02. The molecule has 0 saturated heterocycles. The molecule has 2 nitrogen and oxygen atoms in total. The molecule has 1 saturated carbocycles. The van der Waals surface area contributed by atoms with E-state index >= 15 is 0 Å². The molecular weight excluding hydrogens is 234 g/mol. The number of ether oxygens (including phenoxy) is 1. The number of nitrogens with two attached hydrogens (primary N) is 1. The van der Waals surface area contributed by atoms with Gasteiger partial charge in [-0.05, 0) is 31.7 Å². The van der Waals surface area contributed by atoms with Gasteiger partial charge in [-0.25, -0.2) is 0 Å². The van der Waals surface area contributed by atoms with Gasteiger partial charge in [-0.2, -0.15) is 0 Å². The lowest BCUT2D eigenvalue weighted by Gasteiger charge is -2.23. The Kier molecular flexibility index (Phi) is 5.71. The first-order valence-corrected chi connectivity index (χ1v) is 7.78. The van der Waals surface area contributed by atoms with E-state index < -0.39 is 0 Å². The summed E-state index contributed by atoms with van der Waals surface area (Å²) in [6.45, 7) is 2.72. The van der Waals surface area contributed by atoms with E-state index in [0.717, 1.165) is 18.1 Å². The molecule has 0 amide bonds. The van der Waals surface area contributed by atoms with E-state index in [4.69, 9.17) is 10.5 Å². The van der Waals surface area contributed by atoms with Crippen molar-refractivity contribution in [2.75, 3.05) is 6.61 Å². The Bertz CT molecular complexity index is 371. The van der Waals surface area contributed by atoms with Crippen molar-refractivity contribution in [2.45, 2.75) is 57.9 Å². The molecule has 0 radical (unpaired) electrons. The average molecular weight is 261 g/mol. The summed E-state index contributed by atoms with van der Waals surface area (Å²) in [5.74, 6) is 1.86. The van der Waals surface area contributed by atoms with Gasteiger partial charge in [0.25, 0.3) is 0 Å². The molecule has 1 unspecified atom stereocenters. The predicted molar refractivity (Wildman–Crippen MR) is 80.3 cm³/mol. The van der Waals surface area contributed by atoms with E-state index in [-0.39, 0.29) is 6.04 Å². The lowest BCUT2D eigenvalue weighted by molar-refractivity contribution is 0.315. The molecule has 2 heteroatoms. The van der Waals surface area contributed by atoms with Crippen LogP contribution in [0.4, 0.5) is 0 Å². The molecule has 1 aliphatic rings. The molecule has 1 fully saturated rings. The Balaban J connectivity index is 1.89. The smallest absolute Gasteiger partial charge is 0.124 e. The molecular formula is C17H27NO. The zero-order valence-corrected chi connectivity index (χ0v) is 12.1. The van der Waals surface area contributed by atoms with Crippen LogP contribution in [-0.4, -0.2) is 6.61 Å². The molecule has 0 aliphatic heterocycles.